The fraction of sp³-hybridized carbons (Fsp3) is 0.417. The monoisotopic (exact) mass is 219 g/mol. The Morgan fingerprint density at radius 1 is 1.44 bits per heavy atom. The van der Waals surface area contributed by atoms with Gasteiger partial charge in [-0.2, -0.15) is 0 Å². The number of nitrogens with two attached hydrogens (primary N) is 1. The van der Waals surface area contributed by atoms with Gasteiger partial charge in [0.05, 0.1) is 6.54 Å². The van der Waals surface area contributed by atoms with Gasteiger partial charge in [-0.25, -0.2) is 0 Å². The molecule has 1 aliphatic rings. The molecule has 1 amide bonds. The van der Waals surface area contributed by atoms with E-state index in [1.54, 1.807) is 0 Å². The van der Waals surface area contributed by atoms with E-state index < -0.39 is 0 Å². The lowest BCUT2D eigenvalue weighted by Crippen LogP contribution is -2.31. The van der Waals surface area contributed by atoms with Crippen molar-refractivity contribution >= 4 is 17.3 Å². The van der Waals surface area contributed by atoms with Gasteiger partial charge in [0.15, 0.2) is 0 Å². The van der Waals surface area contributed by atoms with Gasteiger partial charge in [0.2, 0.25) is 5.91 Å². The fourth-order valence-corrected chi connectivity index (χ4v) is 1.60. The van der Waals surface area contributed by atoms with E-state index in [0.29, 0.717) is 18.3 Å². The van der Waals surface area contributed by atoms with Crippen molar-refractivity contribution in [2.75, 3.05) is 17.6 Å². The van der Waals surface area contributed by atoms with E-state index in [9.17, 15) is 4.79 Å². The lowest BCUT2D eigenvalue weighted by molar-refractivity contribution is -0.119. The van der Waals surface area contributed by atoms with Gasteiger partial charge in [-0.3, -0.25) is 4.79 Å². The number of rotatable bonds is 4. The summed E-state index contributed by atoms with van der Waals surface area (Å²) in [5.74, 6) is 0.0441. The topological polar surface area (TPSA) is 67.1 Å². The molecule has 1 aromatic rings. The number of carbonyl (C=O) groups excluding carboxylic acids is 1. The van der Waals surface area contributed by atoms with Gasteiger partial charge in [0, 0.05) is 17.4 Å². The van der Waals surface area contributed by atoms with Crippen LogP contribution in [0.4, 0.5) is 11.4 Å². The number of anilines is 2. The van der Waals surface area contributed by atoms with Crippen molar-refractivity contribution in [2.24, 2.45) is 0 Å². The molecule has 1 fully saturated rings. The molecule has 0 unspecified atom stereocenters. The second kappa shape index (κ2) is 4.43. The smallest absolute Gasteiger partial charge is 0.239 e. The highest BCUT2D eigenvalue weighted by Crippen LogP contribution is 2.18. The number of nitrogen functional groups attached to an aromatic ring is 1. The molecule has 1 aromatic carbocycles. The highest BCUT2D eigenvalue weighted by Gasteiger charge is 2.22. The standard InChI is InChI=1S/C12H17N3O/c1-8-4-9(13)6-11(5-8)14-7-12(16)15-10-2-3-10/h4-6,10,14H,2-3,7,13H2,1H3,(H,15,16). The van der Waals surface area contributed by atoms with Crippen LogP contribution in [0.25, 0.3) is 0 Å². The van der Waals surface area contributed by atoms with Crippen LogP contribution in [0.2, 0.25) is 0 Å². The molecular weight excluding hydrogens is 202 g/mol. The molecule has 0 heterocycles. The summed E-state index contributed by atoms with van der Waals surface area (Å²) in [6, 6.07) is 6.12. The number of carbonyl (C=O) groups is 1. The lowest BCUT2D eigenvalue weighted by atomic mass is 10.2. The number of hydrogen-bond donors (Lipinski definition) is 3. The summed E-state index contributed by atoms with van der Waals surface area (Å²) >= 11 is 0. The first kappa shape index (κ1) is 10.8. The molecule has 0 saturated heterocycles. The first-order valence-electron chi connectivity index (χ1n) is 5.54. The second-order valence-corrected chi connectivity index (χ2v) is 4.33. The molecular formula is C12H17N3O. The Bertz CT molecular complexity index is 379. The van der Waals surface area contributed by atoms with E-state index in [1.165, 1.54) is 0 Å². The van der Waals surface area contributed by atoms with Crippen LogP contribution in [0.3, 0.4) is 0 Å². The SMILES string of the molecule is Cc1cc(N)cc(NCC(=O)NC2CC2)c1. The van der Waals surface area contributed by atoms with E-state index in [4.69, 9.17) is 5.73 Å². The molecule has 0 aromatic heterocycles. The van der Waals surface area contributed by atoms with Crippen molar-refractivity contribution in [3.8, 4) is 0 Å². The number of aryl methyl sites for hydroxylation is 1. The molecule has 0 spiro atoms. The minimum atomic E-state index is 0.0441. The van der Waals surface area contributed by atoms with Crippen molar-refractivity contribution in [1.29, 1.82) is 0 Å². The van der Waals surface area contributed by atoms with Crippen LogP contribution in [0, 0.1) is 6.92 Å². The highest BCUT2D eigenvalue weighted by atomic mass is 16.2. The Labute approximate surface area is 95.2 Å². The first-order valence-corrected chi connectivity index (χ1v) is 5.54. The minimum absolute atomic E-state index is 0.0441. The molecule has 86 valence electrons. The molecule has 2 rings (SSSR count). The van der Waals surface area contributed by atoms with Crippen LogP contribution in [-0.4, -0.2) is 18.5 Å². The summed E-state index contributed by atoms with van der Waals surface area (Å²) in [4.78, 5) is 11.4. The first-order chi connectivity index (χ1) is 7.63. The molecule has 4 N–H and O–H groups in total. The third-order valence-corrected chi connectivity index (χ3v) is 2.50. The summed E-state index contributed by atoms with van der Waals surface area (Å²) in [5.41, 5.74) is 8.41. The zero-order chi connectivity index (χ0) is 11.5. The van der Waals surface area contributed by atoms with Crippen LogP contribution in [0.5, 0.6) is 0 Å². The average Bonchev–Trinajstić information content (AvgIpc) is 2.97. The average molecular weight is 219 g/mol. The summed E-state index contributed by atoms with van der Waals surface area (Å²) in [5, 5.41) is 5.99. The predicted octanol–water partition coefficient (Wildman–Crippen LogP) is 1.27. The predicted molar refractivity (Wildman–Crippen MR) is 65.2 cm³/mol. The Morgan fingerprint density at radius 2 is 2.19 bits per heavy atom. The molecule has 0 radical (unpaired) electrons. The maximum atomic E-state index is 11.4. The Morgan fingerprint density at radius 3 is 2.81 bits per heavy atom. The minimum Gasteiger partial charge on any atom is -0.399 e. The van der Waals surface area contributed by atoms with Crippen LogP contribution >= 0.6 is 0 Å². The van der Waals surface area contributed by atoms with Crippen LogP contribution < -0.4 is 16.4 Å². The van der Waals surface area contributed by atoms with Gasteiger partial charge in [-0.1, -0.05) is 0 Å². The van der Waals surface area contributed by atoms with Crippen LogP contribution in [0.15, 0.2) is 18.2 Å². The largest absolute Gasteiger partial charge is 0.399 e. The maximum Gasteiger partial charge on any atom is 0.239 e. The second-order valence-electron chi connectivity index (χ2n) is 4.33. The zero-order valence-electron chi connectivity index (χ0n) is 9.42. The van der Waals surface area contributed by atoms with Crippen molar-refractivity contribution in [1.82, 2.24) is 5.32 Å². The van der Waals surface area contributed by atoms with Crippen molar-refractivity contribution < 1.29 is 4.79 Å². The summed E-state index contributed by atoms with van der Waals surface area (Å²) in [6.07, 6.45) is 2.23. The normalized spacial score (nSPS) is 14.6. The van der Waals surface area contributed by atoms with Gasteiger partial charge in [0.25, 0.3) is 0 Å². The maximum absolute atomic E-state index is 11.4. The highest BCUT2D eigenvalue weighted by molar-refractivity contribution is 5.81. The molecule has 4 heteroatoms. The summed E-state index contributed by atoms with van der Waals surface area (Å²) in [6.45, 7) is 2.28. The molecule has 0 atom stereocenters. The van der Waals surface area contributed by atoms with E-state index in [2.05, 4.69) is 10.6 Å². The van der Waals surface area contributed by atoms with Crippen LogP contribution in [0.1, 0.15) is 18.4 Å². The molecule has 4 nitrogen and oxygen atoms in total. The molecule has 0 aliphatic heterocycles. The quantitative estimate of drug-likeness (QED) is 0.668. The fourth-order valence-electron chi connectivity index (χ4n) is 1.60. The molecule has 1 aliphatic carbocycles. The Balaban J connectivity index is 1.85. The van der Waals surface area contributed by atoms with E-state index in [-0.39, 0.29) is 5.91 Å². The summed E-state index contributed by atoms with van der Waals surface area (Å²) in [7, 11) is 0. The lowest BCUT2D eigenvalue weighted by Gasteiger charge is -2.08. The van der Waals surface area contributed by atoms with Crippen molar-refractivity contribution in [3.63, 3.8) is 0 Å². The number of hydrogen-bond acceptors (Lipinski definition) is 3. The molecule has 0 bridgehead atoms. The molecule has 1 saturated carbocycles. The zero-order valence-corrected chi connectivity index (χ0v) is 9.42. The van der Waals surface area contributed by atoms with E-state index >= 15 is 0 Å². The third-order valence-electron chi connectivity index (χ3n) is 2.50. The van der Waals surface area contributed by atoms with Crippen molar-refractivity contribution in [2.45, 2.75) is 25.8 Å². The van der Waals surface area contributed by atoms with Gasteiger partial charge in [-0.15, -0.1) is 0 Å². The van der Waals surface area contributed by atoms with E-state index in [1.807, 2.05) is 25.1 Å². The van der Waals surface area contributed by atoms with Gasteiger partial charge >= 0.3 is 0 Å². The number of amides is 1. The van der Waals surface area contributed by atoms with Gasteiger partial charge in [-0.05, 0) is 43.5 Å². The van der Waals surface area contributed by atoms with Gasteiger partial charge < -0.3 is 16.4 Å². The number of nitrogens with one attached hydrogen (secondary N) is 2. The Hall–Kier alpha value is -1.71. The Kier molecular flexibility index (Phi) is 2.99. The van der Waals surface area contributed by atoms with Crippen LogP contribution in [-0.2, 0) is 4.79 Å². The van der Waals surface area contributed by atoms with E-state index in [0.717, 1.165) is 24.1 Å². The molecule has 16 heavy (non-hydrogen) atoms. The number of benzene rings is 1. The summed E-state index contributed by atoms with van der Waals surface area (Å²) < 4.78 is 0. The van der Waals surface area contributed by atoms with Gasteiger partial charge in [0.1, 0.15) is 0 Å². The third kappa shape index (κ3) is 3.15. The van der Waals surface area contributed by atoms with Crippen molar-refractivity contribution in [3.05, 3.63) is 23.8 Å².